The average molecular weight is 522 g/mol. The van der Waals surface area contributed by atoms with Gasteiger partial charge in [0.1, 0.15) is 11.4 Å². The summed E-state index contributed by atoms with van der Waals surface area (Å²) in [6, 6.07) is 12.6. The number of methoxy groups -OCH3 is 1. The van der Waals surface area contributed by atoms with E-state index in [9.17, 15) is 13.5 Å². The molecule has 0 saturated carbocycles. The first-order chi connectivity index (χ1) is 16.3. The van der Waals surface area contributed by atoms with E-state index >= 15 is 0 Å². The van der Waals surface area contributed by atoms with Gasteiger partial charge in [0.25, 0.3) is 10.0 Å². The van der Waals surface area contributed by atoms with Crippen LogP contribution in [0.25, 0.3) is 11.0 Å². The van der Waals surface area contributed by atoms with Crippen LogP contribution in [0.3, 0.4) is 0 Å². The maximum atomic E-state index is 13.2. The van der Waals surface area contributed by atoms with Gasteiger partial charge in [-0.05, 0) is 44.0 Å². The number of nitrogens with one attached hydrogen (secondary N) is 2. The minimum absolute atomic E-state index is 0. The normalized spacial score (nSPS) is 11.2. The Hall–Kier alpha value is -2.06. The number of rotatable bonds is 9. The quantitative estimate of drug-likeness (QED) is 0.293. The molecule has 0 unspecified atom stereocenters. The Morgan fingerprint density at radius 3 is 2.34 bits per heavy atom. The summed E-state index contributed by atoms with van der Waals surface area (Å²) in [5.74, 6) is 0.975. The van der Waals surface area contributed by atoms with Crippen LogP contribution in [0, 0.1) is 13.8 Å². The molecule has 178 valence electrons. The molecule has 0 aliphatic heterocycles. The SMILES string of the molecule is COc1ccc(CCC[O-])c(Nc2nc3ccccc3nc2NS(=O)(=O)c2c(C)noc2C)c1.[K+]. The molecule has 0 aliphatic carbocycles. The molecule has 2 N–H and O–H groups in total. The third kappa shape index (κ3) is 6.20. The molecule has 4 aromatic rings. The van der Waals surface area contributed by atoms with E-state index in [0.717, 1.165) is 5.56 Å². The zero-order chi connectivity index (χ0) is 24.3. The summed E-state index contributed by atoms with van der Waals surface area (Å²) >= 11 is 0. The molecular weight excluding hydrogens is 497 g/mol. The van der Waals surface area contributed by atoms with Crippen molar-refractivity contribution in [1.29, 1.82) is 0 Å². The topological polar surface area (TPSA) is 142 Å². The summed E-state index contributed by atoms with van der Waals surface area (Å²) in [5.41, 5.74) is 2.83. The Balaban J connectivity index is 0.00000342. The minimum Gasteiger partial charge on any atom is -0.854 e. The molecule has 35 heavy (non-hydrogen) atoms. The van der Waals surface area contributed by atoms with E-state index in [0.29, 0.717) is 35.3 Å². The Kier molecular flexibility index (Phi) is 9.26. The number of aromatic nitrogens is 3. The van der Waals surface area contributed by atoms with Gasteiger partial charge in [0.2, 0.25) is 0 Å². The molecule has 0 radical (unpaired) electrons. The van der Waals surface area contributed by atoms with Crippen LogP contribution in [0.5, 0.6) is 5.75 Å². The molecule has 0 saturated heterocycles. The number of aryl methyl sites for hydroxylation is 3. The molecule has 2 aromatic heterocycles. The number of anilines is 3. The zero-order valence-corrected chi connectivity index (χ0v) is 23.9. The fourth-order valence-electron chi connectivity index (χ4n) is 3.60. The van der Waals surface area contributed by atoms with Crippen molar-refractivity contribution in [1.82, 2.24) is 15.1 Å². The Morgan fingerprint density at radius 2 is 1.74 bits per heavy atom. The van der Waals surface area contributed by atoms with Crippen LogP contribution in [0.2, 0.25) is 0 Å². The fourth-order valence-corrected chi connectivity index (χ4v) is 4.94. The summed E-state index contributed by atoms with van der Waals surface area (Å²) in [6.45, 7) is 2.87. The van der Waals surface area contributed by atoms with Gasteiger partial charge < -0.3 is 19.7 Å². The molecule has 0 amide bonds. The van der Waals surface area contributed by atoms with Gasteiger partial charge in [-0.2, -0.15) is 0 Å². The van der Waals surface area contributed by atoms with E-state index < -0.39 is 10.0 Å². The van der Waals surface area contributed by atoms with Crippen molar-refractivity contribution in [3.8, 4) is 5.75 Å². The van der Waals surface area contributed by atoms with Crippen LogP contribution in [-0.4, -0.2) is 37.3 Å². The van der Waals surface area contributed by atoms with E-state index in [1.807, 2.05) is 12.1 Å². The maximum absolute atomic E-state index is 13.2. The van der Waals surface area contributed by atoms with Crippen LogP contribution in [-0.2, 0) is 16.4 Å². The van der Waals surface area contributed by atoms with Crippen LogP contribution < -0.4 is 71.3 Å². The molecule has 2 aromatic carbocycles. The van der Waals surface area contributed by atoms with Crippen LogP contribution in [0.15, 0.2) is 51.9 Å². The average Bonchev–Trinajstić information content (AvgIpc) is 3.17. The van der Waals surface area contributed by atoms with E-state index in [1.54, 1.807) is 44.4 Å². The zero-order valence-electron chi connectivity index (χ0n) is 20.0. The van der Waals surface area contributed by atoms with Gasteiger partial charge >= 0.3 is 51.4 Å². The second kappa shape index (κ2) is 11.8. The summed E-state index contributed by atoms with van der Waals surface area (Å²) < 4.78 is 39.3. The first-order valence-electron chi connectivity index (χ1n) is 10.6. The van der Waals surface area contributed by atoms with E-state index in [4.69, 9.17) is 9.26 Å². The number of benzene rings is 2. The van der Waals surface area contributed by atoms with Crippen molar-refractivity contribution in [2.45, 2.75) is 31.6 Å². The third-order valence-corrected chi connectivity index (χ3v) is 6.78. The van der Waals surface area contributed by atoms with Gasteiger partial charge in [-0.1, -0.05) is 29.8 Å². The first-order valence-corrected chi connectivity index (χ1v) is 12.0. The molecule has 12 heteroatoms. The molecular formula is C23H24KN5O5S. The Bertz CT molecular complexity index is 1420. The van der Waals surface area contributed by atoms with Gasteiger partial charge in [0.05, 0.1) is 18.1 Å². The van der Waals surface area contributed by atoms with Crippen molar-refractivity contribution >= 4 is 38.4 Å². The largest absolute Gasteiger partial charge is 1.00 e. The molecule has 0 spiro atoms. The third-order valence-electron chi connectivity index (χ3n) is 5.20. The van der Waals surface area contributed by atoms with Gasteiger partial charge in [0.15, 0.2) is 22.3 Å². The number of fused-ring (bicyclic) bond motifs is 1. The van der Waals surface area contributed by atoms with E-state index in [2.05, 4.69) is 25.2 Å². The van der Waals surface area contributed by atoms with Gasteiger partial charge in [-0.25, -0.2) is 18.4 Å². The number of hydrogen-bond donors (Lipinski definition) is 2. The predicted octanol–water partition coefficient (Wildman–Crippen LogP) is 0.0845. The van der Waals surface area contributed by atoms with Gasteiger partial charge in [0, 0.05) is 11.8 Å². The molecule has 0 fully saturated rings. The Labute approximate surface area is 246 Å². The van der Waals surface area contributed by atoms with Crippen molar-refractivity contribution in [3.05, 3.63) is 59.5 Å². The number of hydrogen-bond acceptors (Lipinski definition) is 9. The fraction of sp³-hybridized carbons (Fsp3) is 0.261. The monoisotopic (exact) mass is 521 g/mol. The summed E-state index contributed by atoms with van der Waals surface area (Å²) in [4.78, 5) is 9.08. The Morgan fingerprint density at radius 1 is 1.06 bits per heavy atom. The number of ether oxygens (including phenoxy) is 1. The number of sulfonamides is 1. The van der Waals surface area contributed by atoms with Crippen LogP contribution in [0.1, 0.15) is 23.4 Å². The molecule has 2 heterocycles. The molecule has 10 nitrogen and oxygen atoms in total. The minimum atomic E-state index is -4.07. The van der Waals surface area contributed by atoms with Crippen molar-refractivity contribution in [2.75, 3.05) is 23.8 Å². The summed E-state index contributed by atoms with van der Waals surface area (Å²) in [5, 5.41) is 18.0. The number of para-hydroxylation sites is 2. The molecule has 0 atom stereocenters. The van der Waals surface area contributed by atoms with Crippen molar-refractivity contribution in [3.63, 3.8) is 0 Å². The van der Waals surface area contributed by atoms with Crippen LogP contribution in [0.4, 0.5) is 17.3 Å². The maximum Gasteiger partial charge on any atom is 1.00 e. The van der Waals surface area contributed by atoms with Gasteiger partial charge in [-0.15, -0.1) is 6.61 Å². The smallest absolute Gasteiger partial charge is 0.854 e. The molecule has 0 bridgehead atoms. The van der Waals surface area contributed by atoms with E-state index in [-0.39, 0.29) is 86.0 Å². The second-order valence-electron chi connectivity index (χ2n) is 7.62. The second-order valence-corrected chi connectivity index (χ2v) is 9.24. The molecule has 0 aliphatic rings. The van der Waals surface area contributed by atoms with Gasteiger partial charge in [-0.3, -0.25) is 4.72 Å². The van der Waals surface area contributed by atoms with Crippen LogP contribution >= 0.6 is 0 Å². The van der Waals surface area contributed by atoms with Crippen molar-refractivity contribution in [2.24, 2.45) is 0 Å². The van der Waals surface area contributed by atoms with Crippen molar-refractivity contribution < 1.29 is 74.2 Å². The van der Waals surface area contributed by atoms with E-state index in [1.165, 1.54) is 6.92 Å². The first kappa shape index (κ1) is 27.5. The summed E-state index contributed by atoms with van der Waals surface area (Å²) in [6.07, 6.45) is 0.993. The number of nitrogens with zero attached hydrogens (tertiary/aromatic N) is 3. The standard InChI is InChI=1S/C23H24N5O5S.K/c1-14-21(15(2)33-27-14)34(30,31)28-23-22(24-18-8-4-5-9-19(18)25-23)26-20-13-17(32-3)11-10-16(20)7-6-12-29;/h4-5,8-11,13H,6-7,12H2,1-3H3,(H,24,26)(H,25,28);/q-1;+1. The summed E-state index contributed by atoms with van der Waals surface area (Å²) in [7, 11) is -2.52. The molecule has 4 rings (SSSR count). The predicted molar refractivity (Wildman–Crippen MR) is 126 cm³/mol.